The summed E-state index contributed by atoms with van der Waals surface area (Å²) in [5, 5.41) is 3.07. The van der Waals surface area contributed by atoms with Crippen molar-refractivity contribution in [2.75, 3.05) is 89.5 Å². The number of ether oxygens (including phenoxy) is 3. The quantitative estimate of drug-likeness (QED) is 0.498. The maximum atomic E-state index is 12.7. The van der Waals surface area contributed by atoms with Crippen LogP contribution in [-0.4, -0.2) is 85.2 Å². The first-order chi connectivity index (χ1) is 14.1. The number of carbonyl (C=O) groups excluding carboxylic acids is 1. The number of hydrogen-bond acceptors (Lipinski definition) is 5. The number of benzene rings is 1. The maximum Gasteiger partial charge on any atom is 0.279 e. The van der Waals surface area contributed by atoms with Gasteiger partial charge in [0.05, 0.1) is 44.8 Å². The van der Waals surface area contributed by atoms with E-state index in [0.29, 0.717) is 44.4 Å². The van der Waals surface area contributed by atoms with Crippen LogP contribution in [0.1, 0.15) is 13.8 Å². The van der Waals surface area contributed by atoms with Gasteiger partial charge in [-0.3, -0.25) is 4.79 Å². The van der Waals surface area contributed by atoms with Crippen LogP contribution in [0.15, 0.2) is 12.1 Å². The molecule has 2 aliphatic heterocycles. The normalized spacial score (nSPS) is 22.2. The lowest BCUT2D eigenvalue weighted by Crippen LogP contribution is -3.27. The summed E-state index contributed by atoms with van der Waals surface area (Å²) >= 11 is 0. The van der Waals surface area contributed by atoms with E-state index in [4.69, 9.17) is 14.2 Å². The smallest absolute Gasteiger partial charge is 0.279 e. The number of piperazine rings is 1. The van der Waals surface area contributed by atoms with Crippen molar-refractivity contribution in [1.29, 1.82) is 0 Å². The van der Waals surface area contributed by atoms with Crippen molar-refractivity contribution in [2.24, 2.45) is 0 Å². The van der Waals surface area contributed by atoms with Crippen molar-refractivity contribution < 1.29 is 28.8 Å². The molecular formula is C21H36N4O4+2. The van der Waals surface area contributed by atoms with Gasteiger partial charge in [0.15, 0.2) is 6.54 Å². The number of hydrogen-bond donors (Lipinski definition) is 3. The van der Waals surface area contributed by atoms with Crippen LogP contribution in [-0.2, 0) is 9.53 Å². The number of nitrogens with one attached hydrogen (secondary N) is 3. The second kappa shape index (κ2) is 10.7. The average molecular weight is 409 g/mol. The first kappa shape index (κ1) is 21.7. The molecule has 8 heteroatoms. The Hall–Kier alpha value is -2.03. The molecule has 29 heavy (non-hydrogen) atoms. The maximum absolute atomic E-state index is 12.7. The number of rotatable bonds is 8. The van der Waals surface area contributed by atoms with E-state index in [1.54, 1.807) is 0 Å². The molecule has 3 N–H and O–H groups in total. The zero-order chi connectivity index (χ0) is 20.6. The Morgan fingerprint density at radius 2 is 1.72 bits per heavy atom. The van der Waals surface area contributed by atoms with E-state index >= 15 is 0 Å². The largest absolute Gasteiger partial charge is 0.492 e. The first-order valence-corrected chi connectivity index (χ1v) is 10.8. The van der Waals surface area contributed by atoms with Gasteiger partial charge in [-0.15, -0.1) is 0 Å². The molecule has 2 aliphatic rings. The van der Waals surface area contributed by atoms with Gasteiger partial charge in [-0.05, 0) is 13.8 Å². The van der Waals surface area contributed by atoms with Gasteiger partial charge in [-0.2, -0.15) is 0 Å². The highest BCUT2D eigenvalue weighted by Crippen LogP contribution is 2.39. The molecule has 162 valence electrons. The molecule has 8 nitrogen and oxygen atoms in total. The Labute approximate surface area is 173 Å². The summed E-state index contributed by atoms with van der Waals surface area (Å²) in [6.07, 6.45) is 0. The minimum atomic E-state index is 0.0158. The number of anilines is 2. The summed E-state index contributed by atoms with van der Waals surface area (Å²) in [7, 11) is 2.20. The standard InChI is InChI=1S/C21H34N4O4/c1-4-28-19-15-18(25-10-12-27-13-11-25)20(29-5-2)14-17(19)22-21(26)16-24-8-6-23(3)7-9-24/h14-15H,4-13,16H2,1-3H3,(H,22,26)/p+2. The van der Waals surface area contributed by atoms with Crippen molar-refractivity contribution >= 4 is 17.3 Å². The number of likely N-dealkylation sites (N-methyl/N-ethyl adjacent to an activating group) is 1. The molecule has 0 saturated carbocycles. The molecule has 1 aromatic carbocycles. The highest BCUT2D eigenvalue weighted by Gasteiger charge is 2.24. The lowest BCUT2D eigenvalue weighted by molar-refractivity contribution is -0.999. The van der Waals surface area contributed by atoms with E-state index in [9.17, 15) is 4.79 Å². The topological polar surface area (TPSA) is 68.9 Å². The predicted octanol–water partition coefficient (Wildman–Crippen LogP) is -1.33. The number of quaternary nitrogens is 2. The highest BCUT2D eigenvalue weighted by molar-refractivity contribution is 5.94. The average Bonchev–Trinajstić information content (AvgIpc) is 2.72. The molecule has 0 bridgehead atoms. The van der Waals surface area contributed by atoms with E-state index in [1.807, 2.05) is 26.0 Å². The van der Waals surface area contributed by atoms with Gasteiger partial charge < -0.3 is 34.2 Å². The molecule has 0 unspecified atom stereocenters. The van der Waals surface area contributed by atoms with Gasteiger partial charge in [-0.1, -0.05) is 0 Å². The highest BCUT2D eigenvalue weighted by atomic mass is 16.5. The summed E-state index contributed by atoms with van der Waals surface area (Å²) in [4.78, 5) is 17.8. The number of morpholine rings is 1. The summed E-state index contributed by atoms with van der Waals surface area (Å²) in [5.74, 6) is 1.47. The summed E-state index contributed by atoms with van der Waals surface area (Å²) in [6, 6.07) is 3.89. The molecule has 0 aliphatic carbocycles. The Bertz CT molecular complexity index is 671. The first-order valence-electron chi connectivity index (χ1n) is 10.8. The van der Waals surface area contributed by atoms with Gasteiger partial charge in [0.2, 0.25) is 0 Å². The van der Waals surface area contributed by atoms with Crippen molar-refractivity contribution in [3.63, 3.8) is 0 Å². The lowest BCUT2D eigenvalue weighted by Gasteiger charge is -2.31. The fourth-order valence-corrected chi connectivity index (χ4v) is 3.87. The lowest BCUT2D eigenvalue weighted by atomic mass is 10.2. The zero-order valence-corrected chi connectivity index (χ0v) is 18.0. The second-order valence-electron chi connectivity index (χ2n) is 7.71. The van der Waals surface area contributed by atoms with E-state index in [2.05, 4.69) is 17.3 Å². The fourth-order valence-electron chi connectivity index (χ4n) is 3.87. The Balaban J connectivity index is 1.76. The van der Waals surface area contributed by atoms with Gasteiger partial charge in [0.1, 0.15) is 37.7 Å². The fraction of sp³-hybridized carbons (Fsp3) is 0.667. The van der Waals surface area contributed by atoms with E-state index in [0.717, 1.165) is 50.7 Å². The molecule has 2 heterocycles. The molecule has 2 saturated heterocycles. The third kappa shape index (κ3) is 5.98. The van der Waals surface area contributed by atoms with Crippen LogP contribution in [0, 0.1) is 0 Å². The van der Waals surface area contributed by atoms with Crippen LogP contribution in [0.2, 0.25) is 0 Å². The van der Waals surface area contributed by atoms with Crippen molar-refractivity contribution in [3.05, 3.63) is 12.1 Å². The summed E-state index contributed by atoms with van der Waals surface area (Å²) in [5.41, 5.74) is 1.67. The molecule has 0 spiro atoms. The molecule has 2 fully saturated rings. The Morgan fingerprint density at radius 1 is 1.07 bits per heavy atom. The number of amides is 1. The molecule has 1 aromatic rings. The van der Waals surface area contributed by atoms with E-state index in [-0.39, 0.29) is 5.91 Å². The van der Waals surface area contributed by atoms with Crippen LogP contribution in [0.3, 0.4) is 0 Å². The number of nitrogens with zero attached hydrogens (tertiary/aromatic N) is 1. The van der Waals surface area contributed by atoms with Gasteiger partial charge >= 0.3 is 0 Å². The van der Waals surface area contributed by atoms with Crippen molar-refractivity contribution in [2.45, 2.75) is 13.8 Å². The van der Waals surface area contributed by atoms with Gasteiger partial charge in [-0.25, -0.2) is 0 Å². The summed E-state index contributed by atoms with van der Waals surface area (Å²) in [6.45, 7) is 12.8. The Morgan fingerprint density at radius 3 is 2.38 bits per heavy atom. The third-order valence-corrected chi connectivity index (χ3v) is 5.51. The van der Waals surface area contributed by atoms with Gasteiger partial charge in [0.25, 0.3) is 5.91 Å². The molecule has 0 radical (unpaired) electrons. The molecule has 1 amide bonds. The van der Waals surface area contributed by atoms with Crippen molar-refractivity contribution in [1.82, 2.24) is 0 Å². The van der Waals surface area contributed by atoms with Gasteiger partial charge in [0, 0.05) is 25.2 Å². The van der Waals surface area contributed by atoms with Crippen LogP contribution in [0.5, 0.6) is 11.5 Å². The third-order valence-electron chi connectivity index (χ3n) is 5.51. The minimum Gasteiger partial charge on any atom is -0.492 e. The van der Waals surface area contributed by atoms with E-state index in [1.165, 1.54) is 9.80 Å². The zero-order valence-electron chi connectivity index (χ0n) is 18.0. The van der Waals surface area contributed by atoms with Crippen LogP contribution >= 0.6 is 0 Å². The Kier molecular flexibility index (Phi) is 7.97. The van der Waals surface area contributed by atoms with Crippen LogP contribution < -0.4 is 29.5 Å². The SMILES string of the molecule is CCOc1cc(N2CCOCC2)c(OCC)cc1NC(=O)C[NH+]1CC[NH+](C)CC1. The predicted molar refractivity (Wildman–Crippen MR) is 113 cm³/mol. The second-order valence-corrected chi connectivity index (χ2v) is 7.71. The summed E-state index contributed by atoms with van der Waals surface area (Å²) < 4.78 is 17.3. The van der Waals surface area contributed by atoms with Crippen LogP contribution in [0.4, 0.5) is 11.4 Å². The molecule has 3 rings (SSSR count). The van der Waals surface area contributed by atoms with Crippen LogP contribution in [0.25, 0.3) is 0 Å². The minimum absolute atomic E-state index is 0.0158. The molecule has 0 atom stereocenters. The van der Waals surface area contributed by atoms with Crippen molar-refractivity contribution in [3.8, 4) is 11.5 Å². The molecular weight excluding hydrogens is 372 g/mol. The molecule has 0 aromatic heterocycles. The van der Waals surface area contributed by atoms with E-state index < -0.39 is 0 Å². The monoisotopic (exact) mass is 408 g/mol. The number of carbonyl (C=O) groups is 1.